The maximum Gasteiger partial charge on any atom is 0.249 e. The highest BCUT2D eigenvalue weighted by Crippen LogP contribution is 2.41. The second-order valence-corrected chi connectivity index (χ2v) is 6.57. The van der Waals surface area contributed by atoms with E-state index in [0.29, 0.717) is 0 Å². The average molecular weight is 223 g/mol. The Hall–Kier alpha value is -0.160. The smallest absolute Gasteiger partial charge is 0.249 e. The third-order valence-corrected chi connectivity index (χ3v) is 3.37. The highest BCUT2D eigenvalue weighted by Gasteiger charge is 2.44. The second-order valence-electron chi connectivity index (χ2n) is 4.64. The zero-order valence-electron chi connectivity index (χ0n) is 8.59. The van der Waals surface area contributed by atoms with Crippen molar-refractivity contribution >= 4 is 17.6 Å². The van der Waals surface area contributed by atoms with Crippen LogP contribution in [0.25, 0.3) is 0 Å². The number of rotatable bonds is 2. The van der Waals surface area contributed by atoms with Crippen LogP contribution in [0, 0.1) is 5.92 Å². The zero-order valence-corrected chi connectivity index (χ0v) is 9.41. The molecule has 0 bridgehead atoms. The molecule has 0 radical (unpaired) electrons. The lowest BCUT2D eigenvalue weighted by atomic mass is 9.82. The standard InChI is InChI=1S/C9H15F2NOS/c1-8(2,3)14(13)12-6-7-4-9(10,11)5-7/h6-7H,4-5H2,1-3H3/t14-/m0/s1. The van der Waals surface area contributed by atoms with Crippen LogP contribution >= 0.6 is 0 Å². The summed E-state index contributed by atoms with van der Waals surface area (Å²) >= 11 is -1.33. The van der Waals surface area contributed by atoms with E-state index in [4.69, 9.17) is 0 Å². The summed E-state index contributed by atoms with van der Waals surface area (Å²) in [6.07, 6.45) is 1.11. The van der Waals surface area contributed by atoms with Gasteiger partial charge >= 0.3 is 0 Å². The molecule has 0 N–H and O–H groups in total. The minimum Gasteiger partial charge on any atom is -0.591 e. The quantitative estimate of drug-likeness (QED) is 0.523. The highest BCUT2D eigenvalue weighted by molar-refractivity contribution is 7.91. The van der Waals surface area contributed by atoms with E-state index in [-0.39, 0.29) is 18.8 Å². The number of alkyl halides is 2. The molecule has 0 heterocycles. The van der Waals surface area contributed by atoms with E-state index in [1.807, 2.05) is 0 Å². The first-order valence-corrected chi connectivity index (χ1v) is 5.65. The molecule has 0 aromatic carbocycles. The van der Waals surface area contributed by atoms with Crippen LogP contribution in [0.1, 0.15) is 33.6 Å². The van der Waals surface area contributed by atoms with Gasteiger partial charge in [0.2, 0.25) is 5.92 Å². The Bertz CT molecular complexity index is 229. The maximum absolute atomic E-state index is 12.4. The van der Waals surface area contributed by atoms with Crippen molar-refractivity contribution in [1.82, 2.24) is 0 Å². The van der Waals surface area contributed by atoms with Crippen molar-refractivity contribution < 1.29 is 13.3 Å². The van der Waals surface area contributed by atoms with Crippen LogP contribution in [0.2, 0.25) is 0 Å². The monoisotopic (exact) mass is 223 g/mol. The number of hydrogen-bond donors (Lipinski definition) is 0. The Kier molecular flexibility index (Phi) is 3.21. The van der Waals surface area contributed by atoms with Crippen molar-refractivity contribution in [3.63, 3.8) is 0 Å². The molecule has 0 spiro atoms. The largest absolute Gasteiger partial charge is 0.591 e. The van der Waals surface area contributed by atoms with Gasteiger partial charge in [0.15, 0.2) is 0 Å². The van der Waals surface area contributed by atoms with Gasteiger partial charge in [-0.1, -0.05) is 4.40 Å². The lowest BCUT2D eigenvalue weighted by Crippen LogP contribution is -2.36. The molecule has 2 nitrogen and oxygen atoms in total. The molecule has 82 valence electrons. The Morgan fingerprint density at radius 3 is 2.29 bits per heavy atom. The normalized spacial score (nSPS) is 25.0. The summed E-state index contributed by atoms with van der Waals surface area (Å²) < 4.78 is 39.6. The first kappa shape index (κ1) is 11.9. The van der Waals surface area contributed by atoms with E-state index >= 15 is 0 Å². The van der Waals surface area contributed by atoms with Gasteiger partial charge in [-0.2, -0.15) is 0 Å². The summed E-state index contributed by atoms with van der Waals surface area (Å²) in [5, 5.41) is 0. The van der Waals surface area contributed by atoms with E-state index < -0.39 is 22.0 Å². The number of nitrogens with zero attached hydrogens (tertiary/aromatic N) is 1. The molecule has 0 aromatic rings. The molecule has 0 saturated heterocycles. The van der Waals surface area contributed by atoms with Crippen molar-refractivity contribution in [1.29, 1.82) is 0 Å². The van der Waals surface area contributed by atoms with Crippen molar-refractivity contribution in [3.8, 4) is 0 Å². The molecule has 1 saturated carbocycles. The van der Waals surface area contributed by atoms with Crippen LogP contribution in [0.15, 0.2) is 4.40 Å². The van der Waals surface area contributed by atoms with Crippen LogP contribution in [0.5, 0.6) is 0 Å². The summed E-state index contributed by atoms with van der Waals surface area (Å²) in [7, 11) is 0. The Labute approximate surface area is 86.1 Å². The van der Waals surface area contributed by atoms with E-state index in [2.05, 4.69) is 4.40 Å². The van der Waals surface area contributed by atoms with Crippen LogP contribution in [-0.2, 0) is 11.4 Å². The summed E-state index contributed by atoms with van der Waals surface area (Å²) in [6.45, 7) is 5.40. The Morgan fingerprint density at radius 1 is 1.43 bits per heavy atom. The van der Waals surface area contributed by atoms with Crippen molar-refractivity contribution in [3.05, 3.63) is 0 Å². The van der Waals surface area contributed by atoms with Crippen LogP contribution in [0.4, 0.5) is 8.78 Å². The molecule has 5 heteroatoms. The molecule has 0 aromatic heterocycles. The average Bonchev–Trinajstić information content (AvgIpc) is 1.93. The number of hydrogen-bond acceptors (Lipinski definition) is 2. The minimum absolute atomic E-state index is 0.155. The fraction of sp³-hybridized carbons (Fsp3) is 0.889. The lowest BCUT2D eigenvalue weighted by Gasteiger charge is -2.32. The minimum atomic E-state index is -2.53. The van der Waals surface area contributed by atoms with Gasteiger partial charge in [-0.15, -0.1) is 0 Å². The third kappa shape index (κ3) is 3.20. The Morgan fingerprint density at radius 2 is 1.93 bits per heavy atom. The van der Waals surface area contributed by atoms with Gasteiger partial charge in [0.05, 0.1) is 6.21 Å². The van der Waals surface area contributed by atoms with Gasteiger partial charge in [-0.05, 0) is 20.8 Å². The van der Waals surface area contributed by atoms with Gasteiger partial charge in [0.1, 0.15) is 16.1 Å². The molecule has 0 unspecified atom stereocenters. The van der Waals surface area contributed by atoms with Crippen molar-refractivity contribution in [2.45, 2.75) is 44.3 Å². The van der Waals surface area contributed by atoms with Gasteiger partial charge < -0.3 is 4.55 Å². The maximum atomic E-state index is 12.4. The van der Waals surface area contributed by atoms with Crippen molar-refractivity contribution in [2.24, 2.45) is 10.3 Å². The molecule has 14 heavy (non-hydrogen) atoms. The molecule has 1 atom stereocenters. The molecular formula is C9H15F2NOS. The van der Waals surface area contributed by atoms with Gasteiger partial charge in [-0.25, -0.2) is 8.78 Å². The molecule has 1 fully saturated rings. The third-order valence-electron chi connectivity index (χ3n) is 2.01. The lowest BCUT2D eigenvalue weighted by molar-refractivity contribution is -0.0896. The predicted octanol–water partition coefficient (Wildman–Crippen LogP) is 2.56. The molecule has 0 aliphatic heterocycles. The molecule has 1 aliphatic rings. The Balaban J connectivity index is 2.36. The fourth-order valence-corrected chi connectivity index (χ4v) is 1.71. The van der Waals surface area contributed by atoms with E-state index in [1.54, 1.807) is 20.8 Å². The van der Waals surface area contributed by atoms with Gasteiger partial charge in [0.25, 0.3) is 0 Å². The van der Waals surface area contributed by atoms with Crippen molar-refractivity contribution in [2.75, 3.05) is 0 Å². The molecular weight excluding hydrogens is 208 g/mol. The SMILES string of the molecule is CC(C)(C)[S@+]([O-])N=CC1CC(F)(F)C1. The topological polar surface area (TPSA) is 35.4 Å². The summed E-state index contributed by atoms with van der Waals surface area (Å²) in [4.78, 5) is 0. The van der Waals surface area contributed by atoms with Crippen LogP contribution in [-0.4, -0.2) is 21.4 Å². The van der Waals surface area contributed by atoms with Gasteiger partial charge in [-0.3, -0.25) is 0 Å². The highest BCUT2D eigenvalue weighted by atomic mass is 32.2. The number of halogens is 2. The predicted molar refractivity (Wildman–Crippen MR) is 54.1 cm³/mol. The van der Waals surface area contributed by atoms with E-state index in [1.165, 1.54) is 6.21 Å². The van der Waals surface area contributed by atoms with Gasteiger partial charge in [0, 0.05) is 18.8 Å². The zero-order chi connectivity index (χ0) is 11.0. The van der Waals surface area contributed by atoms with Crippen LogP contribution < -0.4 is 0 Å². The summed E-state index contributed by atoms with van der Waals surface area (Å²) in [6, 6.07) is 0. The summed E-state index contributed by atoms with van der Waals surface area (Å²) in [5.74, 6) is -2.73. The molecule has 0 amide bonds. The molecule has 1 aliphatic carbocycles. The second kappa shape index (κ2) is 3.77. The summed E-state index contributed by atoms with van der Waals surface area (Å²) in [5.41, 5.74) is 0. The van der Waals surface area contributed by atoms with E-state index in [0.717, 1.165) is 0 Å². The molecule has 1 rings (SSSR count). The van der Waals surface area contributed by atoms with Crippen LogP contribution in [0.3, 0.4) is 0 Å². The fourth-order valence-electron chi connectivity index (χ4n) is 1.11. The first-order valence-electron chi connectivity index (χ1n) is 4.55. The van der Waals surface area contributed by atoms with E-state index in [9.17, 15) is 13.3 Å². The first-order chi connectivity index (χ1) is 6.21.